The number of aromatic nitrogens is 5. The fourth-order valence-electron chi connectivity index (χ4n) is 4.82. The molecule has 0 unspecified atom stereocenters. The van der Waals surface area contributed by atoms with E-state index in [1.165, 1.54) is 0 Å². The lowest BCUT2D eigenvalue weighted by molar-refractivity contribution is -0.119. The first-order valence-corrected chi connectivity index (χ1v) is 12.3. The normalized spacial score (nSPS) is 16.5. The van der Waals surface area contributed by atoms with E-state index in [4.69, 9.17) is 0 Å². The molecule has 184 valence electrons. The van der Waals surface area contributed by atoms with Crippen molar-refractivity contribution in [1.82, 2.24) is 29.9 Å². The molecular formula is C25H31N7O3. The Morgan fingerprint density at radius 1 is 1.14 bits per heavy atom. The summed E-state index contributed by atoms with van der Waals surface area (Å²) in [7, 11) is 0. The number of H-pyrrole nitrogens is 1. The Morgan fingerprint density at radius 3 is 2.54 bits per heavy atom. The Kier molecular flexibility index (Phi) is 6.27. The highest BCUT2D eigenvalue weighted by molar-refractivity contribution is 6.00. The molecule has 3 aromatic heterocycles. The molecule has 35 heavy (non-hydrogen) atoms. The van der Waals surface area contributed by atoms with Gasteiger partial charge in [-0.25, -0.2) is 0 Å². The Balaban J connectivity index is 1.33. The molecule has 0 bridgehead atoms. The van der Waals surface area contributed by atoms with Crippen molar-refractivity contribution >= 4 is 17.6 Å². The number of carbonyl (C=O) groups is 2. The van der Waals surface area contributed by atoms with Crippen LogP contribution in [0.5, 0.6) is 0 Å². The van der Waals surface area contributed by atoms with E-state index < -0.39 is 6.04 Å². The molecule has 1 atom stereocenters. The molecule has 5 rings (SSSR count). The van der Waals surface area contributed by atoms with E-state index >= 15 is 0 Å². The van der Waals surface area contributed by atoms with Crippen LogP contribution in [0.2, 0.25) is 0 Å². The van der Waals surface area contributed by atoms with Crippen molar-refractivity contribution in [1.29, 1.82) is 0 Å². The van der Waals surface area contributed by atoms with Crippen LogP contribution in [0.4, 0.5) is 5.82 Å². The predicted molar refractivity (Wildman–Crippen MR) is 130 cm³/mol. The number of nitrogens with one attached hydrogen (secondary N) is 3. The lowest BCUT2D eigenvalue weighted by Gasteiger charge is -2.27. The van der Waals surface area contributed by atoms with Crippen LogP contribution in [-0.4, -0.2) is 42.4 Å². The average molecular weight is 478 g/mol. The van der Waals surface area contributed by atoms with Crippen LogP contribution in [-0.2, 0) is 11.3 Å². The van der Waals surface area contributed by atoms with Crippen molar-refractivity contribution in [3.8, 4) is 0 Å². The zero-order chi connectivity index (χ0) is 24.5. The van der Waals surface area contributed by atoms with Gasteiger partial charge in [0.15, 0.2) is 5.82 Å². The van der Waals surface area contributed by atoms with Crippen LogP contribution in [0.15, 0.2) is 47.7 Å². The van der Waals surface area contributed by atoms with Crippen LogP contribution in [0, 0.1) is 17.8 Å². The molecule has 10 nitrogen and oxygen atoms in total. The molecule has 3 N–H and O–H groups in total. The van der Waals surface area contributed by atoms with Gasteiger partial charge in [0.1, 0.15) is 11.7 Å². The molecule has 0 aromatic carbocycles. The van der Waals surface area contributed by atoms with Gasteiger partial charge in [0, 0.05) is 36.3 Å². The van der Waals surface area contributed by atoms with E-state index in [0.29, 0.717) is 28.9 Å². The Bertz CT molecular complexity index is 1250. The number of pyridine rings is 1. The maximum absolute atomic E-state index is 13.5. The van der Waals surface area contributed by atoms with Crippen LogP contribution >= 0.6 is 0 Å². The van der Waals surface area contributed by atoms with Gasteiger partial charge in [0.2, 0.25) is 5.91 Å². The van der Waals surface area contributed by atoms with Gasteiger partial charge in [0.05, 0.1) is 6.54 Å². The summed E-state index contributed by atoms with van der Waals surface area (Å²) >= 11 is 0. The van der Waals surface area contributed by atoms with E-state index in [1.807, 2.05) is 13.8 Å². The molecule has 0 spiro atoms. The molecule has 2 aliphatic rings. The molecular weight excluding hydrogens is 446 g/mol. The first-order valence-electron chi connectivity index (χ1n) is 12.3. The van der Waals surface area contributed by atoms with Crippen LogP contribution < -0.4 is 16.2 Å². The molecule has 10 heteroatoms. The quantitative estimate of drug-likeness (QED) is 0.414. The van der Waals surface area contributed by atoms with Crippen molar-refractivity contribution in [3.05, 3.63) is 64.5 Å². The van der Waals surface area contributed by atoms with E-state index in [-0.39, 0.29) is 35.9 Å². The van der Waals surface area contributed by atoms with Crippen molar-refractivity contribution in [3.63, 3.8) is 0 Å². The fourth-order valence-corrected chi connectivity index (χ4v) is 4.82. The maximum atomic E-state index is 13.5. The molecule has 0 saturated heterocycles. The number of nitrogens with zero attached hydrogens (tertiary/aromatic N) is 4. The SMILES string of the molecule is CC(C)n1nccc1C(=O)N[C@H](C(=O)Nc1ccn(Cc2ccc[nH]c2=O)n1)C(C1CC1)C1CC1. The predicted octanol–water partition coefficient (Wildman–Crippen LogP) is 2.57. The summed E-state index contributed by atoms with van der Waals surface area (Å²) in [5.41, 5.74) is 0.845. The zero-order valence-corrected chi connectivity index (χ0v) is 20.0. The first kappa shape index (κ1) is 23.1. The highest BCUT2D eigenvalue weighted by atomic mass is 16.2. The molecule has 2 fully saturated rings. The van der Waals surface area contributed by atoms with Gasteiger partial charge < -0.3 is 15.6 Å². The summed E-state index contributed by atoms with van der Waals surface area (Å²) in [5.74, 6) is 0.849. The first-order chi connectivity index (χ1) is 16.9. The second-order valence-corrected chi connectivity index (χ2v) is 9.87. The highest BCUT2D eigenvalue weighted by Crippen LogP contribution is 2.50. The van der Waals surface area contributed by atoms with Gasteiger partial charge in [-0.2, -0.15) is 10.2 Å². The van der Waals surface area contributed by atoms with Gasteiger partial charge >= 0.3 is 0 Å². The van der Waals surface area contributed by atoms with Crippen LogP contribution in [0.3, 0.4) is 0 Å². The summed E-state index contributed by atoms with van der Waals surface area (Å²) in [6.45, 7) is 4.22. The third kappa shape index (κ3) is 5.21. The topological polar surface area (TPSA) is 127 Å². The van der Waals surface area contributed by atoms with E-state index in [0.717, 1.165) is 25.7 Å². The Hall–Kier alpha value is -3.69. The second kappa shape index (κ2) is 9.52. The summed E-state index contributed by atoms with van der Waals surface area (Å²) in [5, 5.41) is 14.6. The molecule has 2 saturated carbocycles. The molecule has 2 aliphatic carbocycles. The minimum absolute atomic E-state index is 0.0292. The van der Waals surface area contributed by atoms with Gasteiger partial charge in [-0.3, -0.25) is 23.7 Å². The van der Waals surface area contributed by atoms with Crippen molar-refractivity contribution in [2.45, 2.75) is 58.2 Å². The number of hydrogen-bond acceptors (Lipinski definition) is 5. The number of aromatic amines is 1. The summed E-state index contributed by atoms with van der Waals surface area (Å²) in [4.78, 5) is 41.3. The molecule has 3 aromatic rings. The molecule has 2 amide bonds. The minimum Gasteiger partial charge on any atom is -0.339 e. The van der Waals surface area contributed by atoms with Gasteiger partial charge in [0.25, 0.3) is 11.5 Å². The van der Waals surface area contributed by atoms with E-state index in [9.17, 15) is 14.4 Å². The lowest BCUT2D eigenvalue weighted by Crippen LogP contribution is -2.50. The standard InChI is InChI=1S/C25H31N7O3/c1-15(2)32-19(9-12-27-32)24(34)29-22(21(16-5-6-16)17-7-8-17)25(35)28-20-10-13-31(30-20)14-18-4-3-11-26-23(18)33/h3-4,9-13,15-17,21-22H,5-8,14H2,1-2H3,(H,26,33)(H,29,34)(H,28,30,35)/t22-/m0/s1. The van der Waals surface area contributed by atoms with Crippen molar-refractivity contribution in [2.75, 3.05) is 5.32 Å². The largest absolute Gasteiger partial charge is 0.339 e. The number of rotatable bonds is 10. The number of anilines is 1. The van der Waals surface area contributed by atoms with E-state index in [2.05, 4.69) is 25.8 Å². The highest BCUT2D eigenvalue weighted by Gasteiger charge is 2.48. The van der Waals surface area contributed by atoms with Gasteiger partial charge in [-0.05, 0) is 69.4 Å². The Labute approximate surface area is 203 Å². The number of hydrogen-bond donors (Lipinski definition) is 3. The number of amides is 2. The zero-order valence-electron chi connectivity index (χ0n) is 20.0. The van der Waals surface area contributed by atoms with Gasteiger partial charge in [-0.15, -0.1) is 0 Å². The van der Waals surface area contributed by atoms with Crippen LogP contribution in [0.25, 0.3) is 0 Å². The third-order valence-electron chi connectivity index (χ3n) is 6.80. The smallest absolute Gasteiger partial charge is 0.270 e. The summed E-state index contributed by atoms with van der Waals surface area (Å²) in [6, 6.07) is 6.26. The Morgan fingerprint density at radius 2 is 1.89 bits per heavy atom. The van der Waals surface area contributed by atoms with E-state index in [1.54, 1.807) is 52.2 Å². The molecule has 0 aliphatic heterocycles. The van der Waals surface area contributed by atoms with Crippen LogP contribution in [0.1, 0.15) is 61.6 Å². The third-order valence-corrected chi connectivity index (χ3v) is 6.80. The molecule has 0 radical (unpaired) electrons. The lowest BCUT2D eigenvalue weighted by atomic mass is 9.88. The number of carbonyl (C=O) groups excluding carboxylic acids is 2. The fraction of sp³-hybridized carbons (Fsp3) is 0.480. The average Bonchev–Trinajstić information content (AvgIpc) is 3.75. The van der Waals surface area contributed by atoms with Crippen molar-refractivity contribution in [2.24, 2.45) is 17.8 Å². The molecule has 3 heterocycles. The van der Waals surface area contributed by atoms with Gasteiger partial charge in [-0.1, -0.05) is 6.07 Å². The second-order valence-electron chi connectivity index (χ2n) is 9.87. The summed E-state index contributed by atoms with van der Waals surface area (Å²) < 4.78 is 3.27. The van der Waals surface area contributed by atoms with Crippen molar-refractivity contribution < 1.29 is 9.59 Å². The monoisotopic (exact) mass is 477 g/mol. The summed E-state index contributed by atoms with van der Waals surface area (Å²) in [6.07, 6.45) is 9.26. The maximum Gasteiger partial charge on any atom is 0.270 e. The minimum atomic E-state index is -0.653.